The summed E-state index contributed by atoms with van der Waals surface area (Å²) in [4.78, 5) is 19.8. The molecule has 2 aromatic heterocycles. The molecule has 0 bridgehead atoms. The Morgan fingerprint density at radius 2 is 2.03 bits per heavy atom. The maximum absolute atomic E-state index is 13.2. The Bertz CT molecular complexity index is 1170. The standard InChI is InChI=1S/C23H20FN3O3/c1-29-20-7-3-6-19-23(20)16(14-25-19)10-21(28)26-12-15-8-9-22(27-13-15)30-18-5-2-4-17(24)11-18/h2-9,11,13-14,25H,10,12H2,1H3,(H,26,28). The van der Waals surface area contributed by atoms with Gasteiger partial charge in [0, 0.05) is 42.0 Å². The van der Waals surface area contributed by atoms with E-state index in [1.165, 1.54) is 12.1 Å². The fourth-order valence-electron chi connectivity index (χ4n) is 3.19. The lowest BCUT2D eigenvalue weighted by Gasteiger charge is -2.08. The summed E-state index contributed by atoms with van der Waals surface area (Å²) in [5.74, 6) is 0.968. The molecule has 7 heteroatoms. The predicted molar refractivity (Wildman–Crippen MR) is 111 cm³/mol. The normalized spacial score (nSPS) is 10.7. The van der Waals surface area contributed by atoms with Gasteiger partial charge in [-0.05, 0) is 35.4 Å². The maximum atomic E-state index is 13.2. The number of ether oxygens (including phenoxy) is 2. The van der Waals surface area contributed by atoms with Crippen molar-refractivity contribution < 1.29 is 18.7 Å². The molecule has 0 aliphatic rings. The molecule has 0 aliphatic carbocycles. The van der Waals surface area contributed by atoms with E-state index in [1.54, 1.807) is 37.6 Å². The number of halogens is 1. The summed E-state index contributed by atoms with van der Waals surface area (Å²) in [5, 5.41) is 3.80. The number of carbonyl (C=O) groups excluding carboxylic acids is 1. The Kier molecular flexibility index (Phi) is 5.61. The minimum absolute atomic E-state index is 0.109. The second kappa shape index (κ2) is 8.65. The molecule has 0 spiro atoms. The van der Waals surface area contributed by atoms with Crippen molar-refractivity contribution in [2.24, 2.45) is 0 Å². The van der Waals surface area contributed by atoms with Gasteiger partial charge in [0.1, 0.15) is 17.3 Å². The van der Waals surface area contributed by atoms with Gasteiger partial charge in [0.15, 0.2) is 0 Å². The summed E-state index contributed by atoms with van der Waals surface area (Å²) in [6.45, 7) is 0.339. The minimum atomic E-state index is -0.375. The monoisotopic (exact) mass is 405 g/mol. The van der Waals surface area contributed by atoms with Gasteiger partial charge >= 0.3 is 0 Å². The number of fused-ring (bicyclic) bond motifs is 1. The van der Waals surface area contributed by atoms with Crippen LogP contribution in [0.15, 0.2) is 67.0 Å². The Labute approximate surface area is 172 Å². The molecule has 2 heterocycles. The summed E-state index contributed by atoms with van der Waals surface area (Å²) in [5.41, 5.74) is 2.62. The number of nitrogens with one attached hydrogen (secondary N) is 2. The lowest BCUT2D eigenvalue weighted by atomic mass is 10.1. The first kappa shape index (κ1) is 19.4. The number of aromatic nitrogens is 2. The van der Waals surface area contributed by atoms with Crippen molar-refractivity contribution in [3.8, 4) is 17.4 Å². The van der Waals surface area contributed by atoms with Crippen LogP contribution in [-0.4, -0.2) is 23.0 Å². The number of rotatable bonds is 7. The molecular formula is C23H20FN3O3. The van der Waals surface area contributed by atoms with Gasteiger partial charge in [0.2, 0.25) is 11.8 Å². The van der Waals surface area contributed by atoms with Gasteiger partial charge in [0.05, 0.1) is 13.5 Å². The highest BCUT2D eigenvalue weighted by atomic mass is 19.1. The first-order valence-corrected chi connectivity index (χ1v) is 9.40. The molecule has 6 nitrogen and oxygen atoms in total. The Balaban J connectivity index is 1.35. The molecule has 1 amide bonds. The third-order valence-electron chi connectivity index (χ3n) is 4.63. The topological polar surface area (TPSA) is 76.2 Å². The van der Waals surface area contributed by atoms with Crippen LogP contribution in [-0.2, 0) is 17.8 Å². The van der Waals surface area contributed by atoms with Crippen molar-refractivity contribution in [1.82, 2.24) is 15.3 Å². The third-order valence-corrected chi connectivity index (χ3v) is 4.63. The van der Waals surface area contributed by atoms with Crippen LogP contribution in [0.5, 0.6) is 17.4 Å². The number of H-pyrrole nitrogens is 1. The predicted octanol–water partition coefficient (Wildman–Crippen LogP) is 4.36. The van der Waals surface area contributed by atoms with Gasteiger partial charge in [0.25, 0.3) is 0 Å². The van der Waals surface area contributed by atoms with Crippen LogP contribution in [0.2, 0.25) is 0 Å². The van der Waals surface area contributed by atoms with E-state index in [4.69, 9.17) is 9.47 Å². The largest absolute Gasteiger partial charge is 0.496 e. The van der Waals surface area contributed by atoms with E-state index in [9.17, 15) is 9.18 Å². The van der Waals surface area contributed by atoms with Gasteiger partial charge < -0.3 is 19.8 Å². The van der Waals surface area contributed by atoms with Crippen molar-refractivity contribution in [3.63, 3.8) is 0 Å². The number of methoxy groups -OCH3 is 1. The first-order valence-electron chi connectivity index (χ1n) is 9.40. The fourth-order valence-corrected chi connectivity index (χ4v) is 3.19. The van der Waals surface area contributed by atoms with Gasteiger partial charge in [-0.15, -0.1) is 0 Å². The highest BCUT2D eigenvalue weighted by Gasteiger charge is 2.12. The molecule has 4 aromatic rings. The fraction of sp³-hybridized carbons (Fsp3) is 0.130. The number of aromatic amines is 1. The van der Waals surface area contributed by atoms with Gasteiger partial charge in [-0.1, -0.05) is 18.2 Å². The van der Waals surface area contributed by atoms with Crippen LogP contribution in [0.1, 0.15) is 11.1 Å². The molecule has 30 heavy (non-hydrogen) atoms. The Morgan fingerprint density at radius 3 is 2.80 bits per heavy atom. The summed E-state index contributed by atoms with van der Waals surface area (Å²) >= 11 is 0. The molecular weight excluding hydrogens is 385 g/mol. The summed E-state index contributed by atoms with van der Waals surface area (Å²) < 4.78 is 24.1. The molecule has 0 fully saturated rings. The number of hydrogen-bond donors (Lipinski definition) is 2. The van der Waals surface area contributed by atoms with E-state index in [0.29, 0.717) is 18.2 Å². The molecule has 2 aromatic carbocycles. The van der Waals surface area contributed by atoms with E-state index >= 15 is 0 Å². The van der Waals surface area contributed by atoms with Crippen LogP contribution in [0.3, 0.4) is 0 Å². The highest BCUT2D eigenvalue weighted by molar-refractivity contribution is 5.93. The number of carbonyl (C=O) groups is 1. The number of amides is 1. The molecule has 0 unspecified atom stereocenters. The summed E-state index contributed by atoms with van der Waals surface area (Å²) in [7, 11) is 1.61. The second-order valence-corrected chi connectivity index (χ2v) is 6.71. The first-order chi connectivity index (χ1) is 14.6. The highest BCUT2D eigenvalue weighted by Crippen LogP contribution is 2.28. The minimum Gasteiger partial charge on any atom is -0.496 e. The molecule has 4 rings (SSSR count). The van der Waals surface area contributed by atoms with Crippen LogP contribution >= 0.6 is 0 Å². The number of benzene rings is 2. The third kappa shape index (κ3) is 4.41. The lowest BCUT2D eigenvalue weighted by Crippen LogP contribution is -2.24. The zero-order chi connectivity index (χ0) is 20.9. The average Bonchev–Trinajstić information content (AvgIpc) is 3.16. The Morgan fingerprint density at radius 1 is 1.17 bits per heavy atom. The second-order valence-electron chi connectivity index (χ2n) is 6.71. The van der Waals surface area contributed by atoms with E-state index in [2.05, 4.69) is 15.3 Å². The van der Waals surface area contributed by atoms with Crippen molar-refractivity contribution >= 4 is 16.8 Å². The van der Waals surface area contributed by atoms with Crippen LogP contribution in [0.25, 0.3) is 10.9 Å². The van der Waals surface area contributed by atoms with Crippen LogP contribution in [0, 0.1) is 5.82 Å². The summed E-state index contributed by atoms with van der Waals surface area (Å²) in [6, 6.07) is 15.0. The molecule has 0 atom stereocenters. The number of hydrogen-bond acceptors (Lipinski definition) is 4. The van der Waals surface area contributed by atoms with Gasteiger partial charge in [-0.25, -0.2) is 9.37 Å². The zero-order valence-corrected chi connectivity index (χ0v) is 16.3. The van der Waals surface area contributed by atoms with Gasteiger partial charge in [-0.3, -0.25) is 4.79 Å². The van der Waals surface area contributed by atoms with Gasteiger partial charge in [-0.2, -0.15) is 0 Å². The summed E-state index contributed by atoms with van der Waals surface area (Å²) in [6.07, 6.45) is 3.67. The quantitative estimate of drug-likeness (QED) is 0.479. The Hall–Kier alpha value is -3.87. The number of pyridine rings is 1. The van der Waals surface area contributed by atoms with Crippen LogP contribution < -0.4 is 14.8 Å². The van der Waals surface area contributed by atoms with E-state index in [0.717, 1.165) is 27.8 Å². The van der Waals surface area contributed by atoms with Crippen molar-refractivity contribution in [2.75, 3.05) is 7.11 Å². The average molecular weight is 405 g/mol. The van der Waals surface area contributed by atoms with Crippen molar-refractivity contribution in [3.05, 3.63) is 83.9 Å². The number of nitrogens with zero attached hydrogens (tertiary/aromatic N) is 1. The molecule has 0 saturated heterocycles. The smallest absolute Gasteiger partial charge is 0.224 e. The zero-order valence-electron chi connectivity index (χ0n) is 16.3. The molecule has 152 valence electrons. The lowest BCUT2D eigenvalue weighted by molar-refractivity contribution is -0.120. The van der Waals surface area contributed by atoms with Crippen LogP contribution in [0.4, 0.5) is 4.39 Å². The van der Waals surface area contributed by atoms with E-state index < -0.39 is 0 Å². The van der Waals surface area contributed by atoms with Crippen molar-refractivity contribution in [2.45, 2.75) is 13.0 Å². The van der Waals surface area contributed by atoms with E-state index in [1.807, 2.05) is 24.4 Å². The maximum Gasteiger partial charge on any atom is 0.224 e. The SMILES string of the molecule is COc1cccc2[nH]cc(CC(=O)NCc3ccc(Oc4cccc(F)c4)nc3)c12. The molecule has 0 radical (unpaired) electrons. The van der Waals surface area contributed by atoms with E-state index in [-0.39, 0.29) is 18.1 Å². The molecule has 0 aliphatic heterocycles. The van der Waals surface area contributed by atoms with Crippen molar-refractivity contribution in [1.29, 1.82) is 0 Å². The molecule has 2 N–H and O–H groups in total. The molecule has 0 saturated carbocycles.